The monoisotopic (exact) mass is 442 g/mol. The van der Waals surface area contributed by atoms with Crippen molar-refractivity contribution >= 4 is 29.4 Å². The van der Waals surface area contributed by atoms with Crippen molar-refractivity contribution < 1.29 is 9.47 Å². The van der Waals surface area contributed by atoms with E-state index in [1.165, 1.54) is 0 Å². The van der Waals surface area contributed by atoms with E-state index in [0.29, 0.717) is 17.3 Å². The number of aliphatic imine (C=N–C) groups is 1. The Bertz CT molecular complexity index is 943. The molecule has 0 amide bonds. The fourth-order valence-corrected chi connectivity index (χ4v) is 8.34. The van der Waals surface area contributed by atoms with Crippen molar-refractivity contribution in [3.8, 4) is 23.6 Å². The van der Waals surface area contributed by atoms with E-state index in [0.717, 1.165) is 42.8 Å². The van der Waals surface area contributed by atoms with Crippen LogP contribution in [0.25, 0.3) is 0 Å². The van der Waals surface area contributed by atoms with Gasteiger partial charge < -0.3 is 15.2 Å². The van der Waals surface area contributed by atoms with Gasteiger partial charge in [-0.05, 0) is 42.0 Å². The van der Waals surface area contributed by atoms with Gasteiger partial charge in [0.15, 0.2) is 15.7 Å². The molecule has 6 nitrogen and oxygen atoms in total. The van der Waals surface area contributed by atoms with Crippen LogP contribution in [-0.4, -0.2) is 28.3 Å². The first-order chi connectivity index (χ1) is 14.6. The number of ether oxygens (including phenoxy) is 2. The standard InChI is InChI=1S/C22H26N4O2S2/c1-3-5-9-29-22(30-10-6-4-2)21(13-24)18(20(21,12-23)19(25)26-22)15-7-8-16-17(11-15)28-14-27-16/h7-8,11,18H,3-6,9-10,14H2,1-2H3,(H2,25,26). The molecule has 2 aliphatic heterocycles. The van der Waals surface area contributed by atoms with Crippen molar-refractivity contribution in [3.63, 3.8) is 0 Å². The molecule has 0 spiro atoms. The number of benzene rings is 1. The van der Waals surface area contributed by atoms with E-state index in [2.05, 4.69) is 26.0 Å². The summed E-state index contributed by atoms with van der Waals surface area (Å²) < 4.78 is 10.2. The Morgan fingerprint density at radius 3 is 2.37 bits per heavy atom. The van der Waals surface area contributed by atoms with Gasteiger partial charge in [-0.3, -0.25) is 0 Å². The number of rotatable bonds is 9. The Morgan fingerprint density at radius 1 is 1.10 bits per heavy atom. The molecule has 3 atom stereocenters. The quantitative estimate of drug-likeness (QED) is 0.439. The first-order valence-electron chi connectivity index (χ1n) is 10.4. The van der Waals surface area contributed by atoms with Gasteiger partial charge in [-0.15, -0.1) is 23.5 Å². The number of nitriles is 2. The minimum Gasteiger partial charge on any atom is -0.454 e. The van der Waals surface area contributed by atoms with Crippen LogP contribution in [0.4, 0.5) is 0 Å². The molecule has 2 heterocycles. The van der Waals surface area contributed by atoms with Crippen molar-refractivity contribution in [2.45, 2.75) is 49.7 Å². The summed E-state index contributed by atoms with van der Waals surface area (Å²) in [5, 5.41) is 20.8. The minimum absolute atomic E-state index is 0.184. The Balaban J connectivity index is 1.79. The lowest BCUT2D eigenvalue weighted by molar-refractivity contribution is 0.174. The molecule has 3 unspecified atom stereocenters. The van der Waals surface area contributed by atoms with Crippen molar-refractivity contribution in [2.24, 2.45) is 21.6 Å². The summed E-state index contributed by atoms with van der Waals surface area (Å²) in [6, 6.07) is 10.7. The largest absolute Gasteiger partial charge is 0.454 e. The molecule has 8 heteroatoms. The zero-order chi connectivity index (χ0) is 21.4. The lowest BCUT2D eigenvalue weighted by atomic mass is 9.97. The number of fused-ring (bicyclic) bond motifs is 2. The second-order valence-electron chi connectivity index (χ2n) is 7.87. The molecule has 1 fully saturated rings. The van der Waals surface area contributed by atoms with Crippen LogP contribution in [-0.2, 0) is 0 Å². The van der Waals surface area contributed by atoms with E-state index in [1.807, 2.05) is 18.2 Å². The van der Waals surface area contributed by atoms with Crippen LogP contribution in [0.2, 0.25) is 0 Å². The van der Waals surface area contributed by atoms with Crippen molar-refractivity contribution in [3.05, 3.63) is 23.8 Å². The van der Waals surface area contributed by atoms with Gasteiger partial charge in [0.2, 0.25) is 6.79 Å². The first-order valence-corrected chi connectivity index (χ1v) is 12.4. The smallest absolute Gasteiger partial charge is 0.231 e. The van der Waals surface area contributed by atoms with Crippen molar-refractivity contribution in [2.75, 3.05) is 18.3 Å². The van der Waals surface area contributed by atoms with Gasteiger partial charge in [-0.25, -0.2) is 4.99 Å². The summed E-state index contributed by atoms with van der Waals surface area (Å²) in [5.74, 6) is 3.05. The molecule has 30 heavy (non-hydrogen) atoms. The summed E-state index contributed by atoms with van der Waals surface area (Å²) in [5.41, 5.74) is 5.23. The van der Waals surface area contributed by atoms with Crippen LogP contribution >= 0.6 is 23.5 Å². The molecule has 1 aromatic carbocycles. The highest BCUT2D eigenvalue weighted by molar-refractivity contribution is 8.18. The third-order valence-electron chi connectivity index (χ3n) is 6.25. The number of unbranched alkanes of at least 4 members (excludes halogenated alkanes) is 2. The van der Waals surface area contributed by atoms with E-state index < -0.39 is 15.0 Å². The third-order valence-corrected chi connectivity index (χ3v) is 9.55. The topological polar surface area (TPSA) is 104 Å². The SMILES string of the molecule is CCCCSC1(SCCCC)N=C(N)C2(C#N)C(c3ccc4c(c3)OCO4)C12C#N. The molecule has 0 saturated heterocycles. The Hall–Kier alpha value is -2.03. The molecule has 1 saturated carbocycles. The van der Waals surface area contributed by atoms with Crippen LogP contribution in [0.3, 0.4) is 0 Å². The fraction of sp³-hybridized carbons (Fsp3) is 0.591. The number of thioether (sulfide) groups is 2. The van der Waals surface area contributed by atoms with Gasteiger partial charge in [0.25, 0.3) is 0 Å². The molecule has 2 N–H and O–H groups in total. The second kappa shape index (κ2) is 7.90. The summed E-state index contributed by atoms with van der Waals surface area (Å²) in [6.45, 7) is 4.48. The van der Waals surface area contributed by atoms with Crippen LogP contribution in [0.5, 0.6) is 11.5 Å². The number of hydrogen-bond donors (Lipinski definition) is 1. The maximum absolute atomic E-state index is 10.5. The molecule has 4 rings (SSSR count). The van der Waals surface area contributed by atoms with E-state index in [-0.39, 0.29) is 12.7 Å². The van der Waals surface area contributed by atoms with E-state index in [4.69, 9.17) is 20.2 Å². The summed E-state index contributed by atoms with van der Waals surface area (Å²) >= 11 is 3.37. The molecule has 0 bridgehead atoms. The molecular formula is C22H26N4O2S2. The second-order valence-corrected chi connectivity index (χ2v) is 10.7. The van der Waals surface area contributed by atoms with E-state index >= 15 is 0 Å². The van der Waals surface area contributed by atoms with Gasteiger partial charge in [0.1, 0.15) is 16.7 Å². The highest BCUT2D eigenvalue weighted by Crippen LogP contribution is 2.85. The molecule has 3 aliphatic rings. The molecular weight excluding hydrogens is 416 g/mol. The minimum atomic E-state index is -1.10. The van der Waals surface area contributed by atoms with Gasteiger partial charge in [0, 0.05) is 5.92 Å². The maximum atomic E-state index is 10.5. The van der Waals surface area contributed by atoms with Gasteiger partial charge in [-0.1, -0.05) is 32.8 Å². The number of nitrogens with two attached hydrogens (primary N) is 1. The van der Waals surface area contributed by atoms with Crippen molar-refractivity contribution in [1.29, 1.82) is 10.5 Å². The summed E-state index contributed by atoms with van der Waals surface area (Å²) in [4.78, 5) is 4.85. The van der Waals surface area contributed by atoms with E-state index in [9.17, 15) is 10.5 Å². The van der Waals surface area contributed by atoms with Gasteiger partial charge in [-0.2, -0.15) is 10.5 Å². The highest BCUT2D eigenvalue weighted by Gasteiger charge is 2.92. The number of hydrogen-bond acceptors (Lipinski definition) is 8. The molecule has 0 aromatic heterocycles. The average Bonchev–Trinajstić information content (AvgIpc) is 3.00. The summed E-state index contributed by atoms with van der Waals surface area (Å²) in [6.07, 6.45) is 4.20. The highest BCUT2D eigenvalue weighted by atomic mass is 32.2. The molecule has 0 radical (unpaired) electrons. The van der Waals surface area contributed by atoms with Gasteiger partial charge in [0.05, 0.1) is 12.1 Å². The first kappa shape index (κ1) is 21.2. The molecule has 1 aromatic rings. The van der Waals surface area contributed by atoms with Gasteiger partial charge >= 0.3 is 0 Å². The van der Waals surface area contributed by atoms with Crippen LogP contribution in [0, 0.1) is 33.5 Å². The van der Waals surface area contributed by atoms with Crippen molar-refractivity contribution in [1.82, 2.24) is 0 Å². The Labute approximate surface area is 186 Å². The van der Waals surface area contributed by atoms with Crippen LogP contribution in [0.15, 0.2) is 23.2 Å². The summed E-state index contributed by atoms with van der Waals surface area (Å²) in [7, 11) is 0. The Kier molecular flexibility index (Phi) is 5.59. The number of nitrogens with zero attached hydrogens (tertiary/aromatic N) is 3. The zero-order valence-electron chi connectivity index (χ0n) is 17.3. The predicted octanol–water partition coefficient (Wildman–Crippen LogP) is 4.62. The zero-order valence-corrected chi connectivity index (χ0v) is 18.9. The predicted molar refractivity (Wildman–Crippen MR) is 120 cm³/mol. The third kappa shape index (κ3) is 2.66. The maximum Gasteiger partial charge on any atom is 0.231 e. The average molecular weight is 443 g/mol. The Morgan fingerprint density at radius 2 is 1.77 bits per heavy atom. The van der Waals surface area contributed by atoms with Crippen LogP contribution < -0.4 is 15.2 Å². The fourth-order valence-electron chi connectivity index (χ4n) is 4.66. The lowest BCUT2D eigenvalue weighted by Crippen LogP contribution is -2.32. The normalized spacial score (nSPS) is 29.6. The number of amidine groups is 1. The van der Waals surface area contributed by atoms with Crippen LogP contribution in [0.1, 0.15) is 51.0 Å². The molecule has 158 valence electrons. The lowest BCUT2D eigenvalue weighted by Gasteiger charge is -2.32. The van der Waals surface area contributed by atoms with E-state index in [1.54, 1.807) is 23.5 Å². The molecule has 1 aliphatic carbocycles.